The van der Waals surface area contributed by atoms with E-state index in [-0.39, 0.29) is 11.5 Å². The lowest BCUT2D eigenvalue weighted by Gasteiger charge is -2.26. The third-order valence-electron chi connectivity index (χ3n) is 4.18. The van der Waals surface area contributed by atoms with Gasteiger partial charge in [0.1, 0.15) is 5.82 Å². The van der Waals surface area contributed by atoms with Crippen LogP contribution in [0.4, 0.5) is 4.39 Å². The molecule has 1 unspecified atom stereocenters. The zero-order chi connectivity index (χ0) is 14.1. The van der Waals surface area contributed by atoms with Gasteiger partial charge in [-0.1, -0.05) is 11.6 Å². The van der Waals surface area contributed by atoms with Gasteiger partial charge in [-0.05, 0) is 51.3 Å². The molecule has 0 bridgehead atoms. The van der Waals surface area contributed by atoms with E-state index in [2.05, 4.69) is 5.32 Å². The average molecular weight is 276 g/mol. The van der Waals surface area contributed by atoms with Gasteiger partial charge < -0.3 is 10.2 Å². The molecule has 1 aromatic rings. The normalized spacial score (nSPS) is 22.0. The van der Waals surface area contributed by atoms with Crippen molar-refractivity contribution in [2.75, 3.05) is 13.1 Å². The Labute approximate surface area is 119 Å². The molecule has 2 fully saturated rings. The van der Waals surface area contributed by atoms with Crippen LogP contribution in [0.3, 0.4) is 0 Å². The maximum Gasteiger partial charge on any atom is 0.257 e. The van der Waals surface area contributed by atoms with E-state index >= 15 is 0 Å². The second-order valence-electron chi connectivity index (χ2n) is 5.97. The molecule has 1 atom stereocenters. The van der Waals surface area contributed by atoms with Crippen LogP contribution < -0.4 is 5.32 Å². The fraction of sp³-hybridized carbons (Fsp3) is 0.562. The summed E-state index contributed by atoms with van der Waals surface area (Å²) in [5.74, 6) is -0.562. The van der Waals surface area contributed by atoms with E-state index in [0.717, 1.165) is 37.8 Å². The number of nitrogens with zero attached hydrogens (tertiary/aromatic N) is 1. The predicted octanol–water partition coefficient (Wildman–Crippen LogP) is 2.49. The van der Waals surface area contributed by atoms with Crippen molar-refractivity contribution in [3.8, 4) is 0 Å². The van der Waals surface area contributed by atoms with Gasteiger partial charge >= 0.3 is 0 Å². The first kappa shape index (κ1) is 13.6. The SMILES string of the molecule is Cc1ccc(F)c(C(=O)N(CC2CCCN2)C2CC2)c1. The van der Waals surface area contributed by atoms with E-state index < -0.39 is 5.82 Å². The quantitative estimate of drug-likeness (QED) is 0.916. The fourth-order valence-corrected chi connectivity index (χ4v) is 2.89. The second kappa shape index (κ2) is 5.52. The Kier molecular flexibility index (Phi) is 3.74. The lowest BCUT2D eigenvalue weighted by Crippen LogP contribution is -2.42. The third kappa shape index (κ3) is 2.85. The van der Waals surface area contributed by atoms with E-state index in [9.17, 15) is 9.18 Å². The molecular weight excluding hydrogens is 255 g/mol. The predicted molar refractivity (Wildman–Crippen MR) is 76.2 cm³/mol. The van der Waals surface area contributed by atoms with Crippen molar-refractivity contribution in [3.63, 3.8) is 0 Å². The summed E-state index contributed by atoms with van der Waals surface area (Å²) in [6.45, 7) is 3.61. The van der Waals surface area contributed by atoms with Gasteiger partial charge in [0.25, 0.3) is 5.91 Å². The molecule has 1 heterocycles. The Morgan fingerprint density at radius 3 is 2.85 bits per heavy atom. The first-order valence-electron chi connectivity index (χ1n) is 7.45. The molecular formula is C16H21FN2O. The van der Waals surface area contributed by atoms with Crippen LogP contribution in [0.2, 0.25) is 0 Å². The van der Waals surface area contributed by atoms with E-state index in [0.29, 0.717) is 18.6 Å². The first-order chi connectivity index (χ1) is 9.65. The Bertz CT molecular complexity index is 507. The molecule has 108 valence electrons. The molecule has 3 nitrogen and oxygen atoms in total. The highest BCUT2D eigenvalue weighted by atomic mass is 19.1. The number of aryl methyl sites for hydroxylation is 1. The van der Waals surface area contributed by atoms with Crippen LogP contribution in [0.5, 0.6) is 0 Å². The summed E-state index contributed by atoms with van der Waals surface area (Å²) >= 11 is 0. The van der Waals surface area contributed by atoms with Crippen molar-refractivity contribution in [2.45, 2.75) is 44.7 Å². The molecule has 1 saturated carbocycles. The molecule has 2 aliphatic rings. The zero-order valence-corrected chi connectivity index (χ0v) is 11.9. The number of carbonyl (C=O) groups is 1. The highest BCUT2D eigenvalue weighted by molar-refractivity contribution is 5.95. The molecule has 0 radical (unpaired) electrons. The summed E-state index contributed by atoms with van der Waals surface area (Å²) < 4.78 is 13.9. The standard InChI is InChI=1S/C16H21FN2O/c1-11-4-7-15(17)14(9-11)16(20)19(13-5-6-13)10-12-3-2-8-18-12/h4,7,9,12-13,18H,2-3,5-6,8,10H2,1H3. The monoisotopic (exact) mass is 276 g/mol. The number of hydrogen-bond acceptors (Lipinski definition) is 2. The molecule has 1 aliphatic heterocycles. The lowest BCUT2D eigenvalue weighted by molar-refractivity contribution is 0.0723. The number of carbonyl (C=O) groups excluding carboxylic acids is 1. The summed E-state index contributed by atoms with van der Waals surface area (Å²) in [7, 11) is 0. The van der Waals surface area contributed by atoms with E-state index in [1.54, 1.807) is 12.1 Å². The number of rotatable bonds is 4. The first-order valence-corrected chi connectivity index (χ1v) is 7.45. The number of hydrogen-bond donors (Lipinski definition) is 1. The van der Waals surface area contributed by atoms with Crippen LogP contribution in [0.25, 0.3) is 0 Å². The van der Waals surface area contributed by atoms with Crippen LogP contribution in [0, 0.1) is 12.7 Å². The molecule has 4 heteroatoms. The molecule has 1 aromatic carbocycles. The lowest BCUT2D eigenvalue weighted by atomic mass is 10.1. The van der Waals surface area contributed by atoms with Gasteiger partial charge in [-0.25, -0.2) is 4.39 Å². The number of nitrogens with one attached hydrogen (secondary N) is 1. The molecule has 1 amide bonds. The Balaban J connectivity index is 1.79. The van der Waals surface area contributed by atoms with Gasteiger partial charge in [0, 0.05) is 18.6 Å². The molecule has 1 N–H and O–H groups in total. The van der Waals surface area contributed by atoms with Crippen molar-refractivity contribution < 1.29 is 9.18 Å². The number of halogens is 1. The van der Waals surface area contributed by atoms with Crippen LogP contribution >= 0.6 is 0 Å². The second-order valence-corrected chi connectivity index (χ2v) is 5.97. The van der Waals surface area contributed by atoms with Crippen molar-refractivity contribution in [1.29, 1.82) is 0 Å². The largest absolute Gasteiger partial charge is 0.334 e. The van der Waals surface area contributed by atoms with Gasteiger partial charge in [-0.15, -0.1) is 0 Å². The molecule has 20 heavy (non-hydrogen) atoms. The minimum atomic E-state index is -0.411. The van der Waals surface area contributed by atoms with Crippen LogP contribution in [-0.4, -0.2) is 36.0 Å². The van der Waals surface area contributed by atoms with Gasteiger partial charge in [0.05, 0.1) is 5.56 Å². The number of amides is 1. The van der Waals surface area contributed by atoms with Crippen LogP contribution in [0.15, 0.2) is 18.2 Å². The molecule has 1 saturated heterocycles. The average Bonchev–Trinajstić information content (AvgIpc) is 3.15. The maximum atomic E-state index is 13.9. The minimum Gasteiger partial charge on any atom is -0.334 e. The third-order valence-corrected chi connectivity index (χ3v) is 4.18. The minimum absolute atomic E-state index is 0.151. The van der Waals surface area contributed by atoms with Crippen LogP contribution in [-0.2, 0) is 0 Å². The smallest absolute Gasteiger partial charge is 0.257 e. The Hall–Kier alpha value is -1.42. The van der Waals surface area contributed by atoms with Crippen molar-refractivity contribution >= 4 is 5.91 Å². The molecule has 0 spiro atoms. The van der Waals surface area contributed by atoms with Crippen molar-refractivity contribution in [3.05, 3.63) is 35.1 Å². The van der Waals surface area contributed by atoms with Gasteiger partial charge in [0.2, 0.25) is 0 Å². The summed E-state index contributed by atoms with van der Waals surface area (Å²) in [6.07, 6.45) is 4.36. The molecule has 1 aliphatic carbocycles. The van der Waals surface area contributed by atoms with E-state index in [1.165, 1.54) is 6.07 Å². The Morgan fingerprint density at radius 2 is 2.20 bits per heavy atom. The highest BCUT2D eigenvalue weighted by Gasteiger charge is 2.35. The molecule has 3 rings (SSSR count). The van der Waals surface area contributed by atoms with Crippen molar-refractivity contribution in [1.82, 2.24) is 10.2 Å². The summed E-state index contributed by atoms with van der Waals surface area (Å²) in [5, 5.41) is 3.41. The zero-order valence-electron chi connectivity index (χ0n) is 11.9. The summed E-state index contributed by atoms with van der Waals surface area (Å²) in [6, 6.07) is 5.43. The highest BCUT2D eigenvalue weighted by Crippen LogP contribution is 2.29. The maximum absolute atomic E-state index is 13.9. The van der Waals surface area contributed by atoms with E-state index in [4.69, 9.17) is 0 Å². The topological polar surface area (TPSA) is 32.3 Å². The fourth-order valence-electron chi connectivity index (χ4n) is 2.89. The summed E-state index contributed by atoms with van der Waals surface area (Å²) in [5.41, 5.74) is 1.14. The van der Waals surface area contributed by atoms with Gasteiger partial charge in [-0.2, -0.15) is 0 Å². The van der Waals surface area contributed by atoms with Gasteiger partial charge in [-0.3, -0.25) is 4.79 Å². The van der Waals surface area contributed by atoms with Crippen LogP contribution in [0.1, 0.15) is 41.6 Å². The van der Waals surface area contributed by atoms with Crippen molar-refractivity contribution in [2.24, 2.45) is 0 Å². The van der Waals surface area contributed by atoms with Gasteiger partial charge in [0.15, 0.2) is 0 Å². The summed E-state index contributed by atoms with van der Waals surface area (Å²) in [4.78, 5) is 14.5. The molecule has 0 aromatic heterocycles. The number of benzene rings is 1. The van der Waals surface area contributed by atoms with E-state index in [1.807, 2.05) is 11.8 Å². The Morgan fingerprint density at radius 1 is 1.40 bits per heavy atom.